The summed E-state index contributed by atoms with van der Waals surface area (Å²) >= 11 is 0. The zero-order chi connectivity index (χ0) is 38.0. The average molecular weight is 789 g/mol. The van der Waals surface area contributed by atoms with Crippen LogP contribution in [0.2, 0.25) is 0 Å². The fourth-order valence-electron chi connectivity index (χ4n) is 5.07. The highest BCUT2D eigenvalue weighted by atomic mass is 32.2. The topological polar surface area (TPSA) is 326 Å². The van der Waals surface area contributed by atoms with Gasteiger partial charge in [0.05, 0.1) is 38.6 Å². The van der Waals surface area contributed by atoms with Crippen LogP contribution in [-0.2, 0) is 40.5 Å². The van der Waals surface area contributed by atoms with Gasteiger partial charge < -0.3 is 10.8 Å². The highest BCUT2D eigenvalue weighted by molar-refractivity contribution is 7.86. The minimum absolute atomic E-state index is 0.0412. The van der Waals surface area contributed by atoms with Gasteiger partial charge in [0.2, 0.25) is 0 Å². The number of fused-ring (bicyclic) bond motifs is 3. The van der Waals surface area contributed by atoms with Crippen LogP contribution < -0.4 is 5.73 Å². The number of hydrogen-bond donors (Lipinski definition) is 6. The van der Waals surface area contributed by atoms with Crippen LogP contribution >= 0.6 is 0 Å². The number of azo groups is 2. The predicted octanol–water partition coefficient (Wildman–Crippen LogP) is 5.65. The maximum atomic E-state index is 12.3. The molecule has 0 unspecified atom stereocenters. The number of nitrogens with two attached hydrogens (primary N) is 1. The maximum Gasteiger partial charge on any atom is 0.296 e. The van der Waals surface area contributed by atoms with Crippen LogP contribution in [0.4, 0.5) is 28.4 Å². The van der Waals surface area contributed by atoms with Gasteiger partial charge in [-0.3, -0.25) is 23.2 Å². The lowest BCUT2D eigenvalue weighted by molar-refractivity contribution is 0.472. The Kier molecular flexibility index (Phi) is 8.79. The van der Waals surface area contributed by atoms with Crippen molar-refractivity contribution in [2.45, 2.75) is 19.6 Å². The first-order valence-corrected chi connectivity index (χ1v) is 19.7. The van der Waals surface area contributed by atoms with Crippen LogP contribution in [0.25, 0.3) is 32.4 Å². The lowest BCUT2D eigenvalue weighted by atomic mass is 10.1. The summed E-state index contributed by atoms with van der Waals surface area (Å²) in [6.45, 7) is 0. The van der Waals surface area contributed by atoms with Crippen molar-refractivity contribution in [1.82, 2.24) is 4.98 Å². The van der Waals surface area contributed by atoms with Crippen molar-refractivity contribution in [3.05, 3.63) is 79.0 Å². The van der Waals surface area contributed by atoms with Gasteiger partial charge in [0.25, 0.3) is 40.5 Å². The van der Waals surface area contributed by atoms with E-state index in [-0.39, 0.29) is 43.5 Å². The second kappa shape index (κ2) is 12.6. The van der Waals surface area contributed by atoms with E-state index in [0.29, 0.717) is 10.9 Å². The van der Waals surface area contributed by atoms with Gasteiger partial charge in [-0.05, 0) is 72.1 Å². The Hall–Kier alpha value is -5.53. The summed E-state index contributed by atoms with van der Waals surface area (Å²) in [4.78, 5) is 1.37. The zero-order valence-electron chi connectivity index (χ0n) is 25.5. The third kappa shape index (κ3) is 7.14. The number of phenolic OH excluding ortho intramolecular Hbond substituents is 1. The standard InChI is InChI=1S/C29H20N6O13S4/c30-22-12-20-14(9-26(22)51(43,44)45)10-27(52(46,47)48)28(29(20)36)35-34-25-6-5-24(19-3-1-18(11-21(19)25)50(40,41)42)33-32-16-7-15-8-17(49(37,38)39)2-4-23(15)31-13-16/h1-13,36H,30H2,(H,37,38,39)(H,40,41,42)(H,43,44,45)(H,46,47,48). The summed E-state index contributed by atoms with van der Waals surface area (Å²) in [6.07, 6.45) is 1.32. The molecule has 1 aromatic heterocycles. The van der Waals surface area contributed by atoms with E-state index in [0.717, 1.165) is 30.3 Å². The van der Waals surface area contributed by atoms with E-state index in [2.05, 4.69) is 25.4 Å². The molecule has 52 heavy (non-hydrogen) atoms. The van der Waals surface area contributed by atoms with Crippen molar-refractivity contribution < 1.29 is 57.0 Å². The molecule has 0 amide bonds. The number of aromatic hydroxyl groups is 1. The van der Waals surface area contributed by atoms with Crippen molar-refractivity contribution in [2.24, 2.45) is 20.5 Å². The van der Waals surface area contributed by atoms with Gasteiger partial charge in [-0.1, -0.05) is 6.07 Å². The van der Waals surface area contributed by atoms with Crippen LogP contribution in [0, 0.1) is 0 Å². The second-order valence-electron chi connectivity index (χ2n) is 10.8. The minimum Gasteiger partial charge on any atom is -0.505 e. The Morgan fingerprint density at radius 2 is 1.12 bits per heavy atom. The fourth-order valence-corrected chi connectivity index (χ4v) is 7.38. The van der Waals surface area contributed by atoms with Crippen molar-refractivity contribution in [2.75, 3.05) is 5.73 Å². The van der Waals surface area contributed by atoms with E-state index in [1.165, 1.54) is 48.7 Å². The summed E-state index contributed by atoms with van der Waals surface area (Å²) in [6, 6.07) is 13.4. The van der Waals surface area contributed by atoms with Crippen LogP contribution in [0.15, 0.2) is 119 Å². The van der Waals surface area contributed by atoms with E-state index in [4.69, 9.17) is 5.73 Å². The lowest BCUT2D eigenvalue weighted by Gasteiger charge is -2.11. The number of rotatable bonds is 8. The monoisotopic (exact) mass is 788 g/mol. The first kappa shape index (κ1) is 36.3. The Labute approximate surface area is 292 Å². The molecule has 268 valence electrons. The second-order valence-corrected chi connectivity index (χ2v) is 16.5. The normalized spacial score (nSPS) is 13.2. The predicted molar refractivity (Wildman–Crippen MR) is 183 cm³/mol. The molecule has 0 saturated carbocycles. The summed E-state index contributed by atoms with van der Waals surface area (Å²) in [5.41, 5.74) is 4.80. The summed E-state index contributed by atoms with van der Waals surface area (Å²) in [5, 5.41) is 26.9. The maximum absolute atomic E-state index is 12.3. The summed E-state index contributed by atoms with van der Waals surface area (Å²) in [7, 11) is -19.4. The number of aromatic nitrogens is 1. The number of anilines is 1. The van der Waals surface area contributed by atoms with Crippen molar-refractivity contribution in [3.63, 3.8) is 0 Å². The van der Waals surface area contributed by atoms with Gasteiger partial charge in [-0.25, -0.2) is 0 Å². The van der Waals surface area contributed by atoms with E-state index in [1.54, 1.807) is 0 Å². The molecule has 0 radical (unpaired) electrons. The molecule has 0 spiro atoms. The molecule has 1 heterocycles. The minimum atomic E-state index is -5.19. The largest absolute Gasteiger partial charge is 0.505 e. The molecule has 23 heteroatoms. The molecule has 19 nitrogen and oxygen atoms in total. The van der Waals surface area contributed by atoms with Crippen LogP contribution in [0.1, 0.15) is 0 Å². The molecule has 0 fully saturated rings. The highest BCUT2D eigenvalue weighted by Gasteiger charge is 2.25. The third-order valence-electron chi connectivity index (χ3n) is 7.44. The molecule has 5 aromatic carbocycles. The van der Waals surface area contributed by atoms with Gasteiger partial charge in [0, 0.05) is 21.5 Å². The number of nitrogen functional groups attached to an aromatic ring is 1. The summed E-state index contributed by atoms with van der Waals surface area (Å²) in [5.74, 6) is -0.927. The van der Waals surface area contributed by atoms with Gasteiger partial charge in [0.15, 0.2) is 5.75 Å². The average Bonchev–Trinajstić information content (AvgIpc) is 3.04. The molecule has 6 aromatic rings. The Morgan fingerprint density at radius 3 is 1.75 bits per heavy atom. The Balaban J connectivity index is 1.49. The van der Waals surface area contributed by atoms with E-state index < -0.39 is 72.3 Å². The number of nitrogens with zero attached hydrogens (tertiary/aromatic N) is 5. The van der Waals surface area contributed by atoms with Gasteiger partial charge in [0.1, 0.15) is 21.2 Å². The zero-order valence-corrected chi connectivity index (χ0v) is 28.7. The molecule has 0 aliphatic heterocycles. The van der Waals surface area contributed by atoms with Crippen molar-refractivity contribution >= 4 is 101 Å². The number of benzene rings is 5. The smallest absolute Gasteiger partial charge is 0.296 e. The SMILES string of the molecule is Nc1cc2c(O)c(N=Nc3ccc(N=Nc4cnc5ccc(S(=O)(=O)O)cc5c4)c4ccc(S(=O)(=O)O)cc34)c(S(=O)(=O)O)cc2cc1S(=O)(=O)O. The van der Waals surface area contributed by atoms with E-state index in [9.17, 15) is 57.0 Å². The summed E-state index contributed by atoms with van der Waals surface area (Å²) < 4.78 is 134. The van der Waals surface area contributed by atoms with Crippen molar-refractivity contribution in [1.29, 1.82) is 0 Å². The highest BCUT2D eigenvalue weighted by Crippen LogP contribution is 2.44. The van der Waals surface area contributed by atoms with Crippen LogP contribution in [-0.4, -0.2) is 62.0 Å². The van der Waals surface area contributed by atoms with Crippen LogP contribution in [0.3, 0.4) is 0 Å². The molecule has 0 atom stereocenters. The lowest BCUT2D eigenvalue weighted by Crippen LogP contribution is -2.04. The molecular formula is C29H20N6O13S4. The van der Waals surface area contributed by atoms with E-state index >= 15 is 0 Å². The fraction of sp³-hybridized carbons (Fsp3) is 0. The number of hydrogen-bond acceptors (Lipinski definition) is 15. The van der Waals surface area contributed by atoms with Gasteiger partial charge in [-0.2, -0.15) is 33.7 Å². The van der Waals surface area contributed by atoms with Gasteiger partial charge >= 0.3 is 0 Å². The Morgan fingerprint density at radius 1 is 0.538 bits per heavy atom. The third-order valence-corrected chi connectivity index (χ3v) is 10.9. The van der Waals surface area contributed by atoms with Crippen LogP contribution in [0.5, 0.6) is 5.75 Å². The number of pyridine rings is 1. The first-order valence-electron chi connectivity index (χ1n) is 13.9. The molecule has 0 aliphatic carbocycles. The van der Waals surface area contributed by atoms with E-state index in [1.807, 2.05) is 0 Å². The molecule has 6 rings (SSSR count). The molecule has 0 bridgehead atoms. The first-order chi connectivity index (χ1) is 24.1. The molecular weight excluding hydrogens is 769 g/mol. The van der Waals surface area contributed by atoms with Crippen molar-refractivity contribution in [3.8, 4) is 5.75 Å². The molecule has 0 saturated heterocycles. The molecule has 0 aliphatic rings. The number of phenols is 1. The quantitative estimate of drug-likeness (QED) is 0.0617. The molecule has 7 N–H and O–H groups in total. The Bertz CT molecular complexity index is 3040. The van der Waals surface area contributed by atoms with Gasteiger partial charge in [-0.15, -0.1) is 20.5 Å².